The predicted molar refractivity (Wildman–Crippen MR) is 109 cm³/mol. The number of hydrogen-bond acceptors (Lipinski definition) is 5. The molecule has 1 N–H and O–H groups in total. The third-order valence-corrected chi connectivity index (χ3v) is 4.52. The lowest BCUT2D eigenvalue weighted by Gasteiger charge is -2.17. The number of hydrogen-bond donors (Lipinski definition) is 1. The van der Waals surface area contributed by atoms with E-state index in [0.717, 1.165) is 23.5 Å². The van der Waals surface area contributed by atoms with Crippen molar-refractivity contribution in [3.63, 3.8) is 0 Å². The quantitative estimate of drug-likeness (QED) is 0.725. The zero-order valence-electron chi connectivity index (χ0n) is 15.9. The molecule has 1 aliphatic rings. The highest BCUT2D eigenvalue weighted by Gasteiger charge is 2.26. The molecule has 0 saturated heterocycles. The van der Waals surface area contributed by atoms with E-state index in [4.69, 9.17) is 4.74 Å². The summed E-state index contributed by atoms with van der Waals surface area (Å²) in [5.74, 6) is 1.27. The number of para-hydroxylation sites is 1. The molecule has 2 heterocycles. The number of carbonyl (C=O) groups is 1. The Bertz CT molecular complexity index is 986. The summed E-state index contributed by atoms with van der Waals surface area (Å²) >= 11 is 0. The average Bonchev–Trinajstić information content (AvgIpc) is 3.13. The zero-order chi connectivity index (χ0) is 19.5. The molecule has 28 heavy (non-hydrogen) atoms. The van der Waals surface area contributed by atoms with Crippen LogP contribution in [0.3, 0.4) is 0 Å². The fraction of sp³-hybridized carbons (Fsp3) is 0.227. The van der Waals surface area contributed by atoms with Gasteiger partial charge in [-0.25, -0.2) is 9.97 Å². The van der Waals surface area contributed by atoms with E-state index in [-0.39, 0.29) is 12.0 Å². The third kappa shape index (κ3) is 3.81. The van der Waals surface area contributed by atoms with Crippen molar-refractivity contribution in [2.24, 2.45) is 0 Å². The number of amides is 1. The first-order valence-electron chi connectivity index (χ1n) is 9.36. The van der Waals surface area contributed by atoms with Crippen molar-refractivity contribution in [1.29, 1.82) is 0 Å². The maximum absolute atomic E-state index is 13.0. The maximum Gasteiger partial charge on any atom is 0.277 e. The lowest BCUT2D eigenvalue weighted by molar-refractivity contribution is 0.0984. The Kier molecular flexibility index (Phi) is 4.93. The molecule has 0 radical (unpaired) electrons. The molecular weight excluding hydrogens is 352 g/mol. The minimum atomic E-state index is -0.115. The second-order valence-electron chi connectivity index (χ2n) is 6.94. The second-order valence-corrected chi connectivity index (χ2v) is 6.94. The summed E-state index contributed by atoms with van der Waals surface area (Å²) in [6, 6.07) is 17.3. The summed E-state index contributed by atoms with van der Waals surface area (Å²) in [6.07, 6.45) is 2.40. The van der Waals surface area contributed by atoms with E-state index in [1.54, 1.807) is 11.0 Å². The van der Waals surface area contributed by atoms with Gasteiger partial charge in [0.2, 0.25) is 0 Å². The summed E-state index contributed by atoms with van der Waals surface area (Å²) in [4.78, 5) is 23.1. The van der Waals surface area contributed by atoms with Crippen LogP contribution < -0.4 is 15.0 Å². The molecule has 6 nitrogen and oxygen atoms in total. The molecule has 1 aromatic heterocycles. The second kappa shape index (κ2) is 7.68. The van der Waals surface area contributed by atoms with Gasteiger partial charge in [-0.3, -0.25) is 4.79 Å². The van der Waals surface area contributed by atoms with E-state index in [1.807, 2.05) is 56.3 Å². The van der Waals surface area contributed by atoms with Gasteiger partial charge in [0.25, 0.3) is 5.91 Å². The number of aromatic nitrogens is 2. The maximum atomic E-state index is 13.0. The minimum absolute atomic E-state index is 0.115. The highest BCUT2D eigenvalue weighted by atomic mass is 16.5. The SMILES string of the molecule is CC(C)Oc1ccc(Nc2cc(C(=O)N3CCc4ccccc43)ncn2)cc1. The molecule has 0 fully saturated rings. The number of nitrogens with one attached hydrogen (secondary N) is 1. The number of benzene rings is 2. The molecule has 0 bridgehead atoms. The van der Waals surface area contributed by atoms with Crippen molar-refractivity contribution < 1.29 is 9.53 Å². The first kappa shape index (κ1) is 18.0. The highest BCUT2D eigenvalue weighted by molar-refractivity contribution is 6.06. The molecule has 1 amide bonds. The molecule has 1 aliphatic heterocycles. The van der Waals surface area contributed by atoms with Crippen LogP contribution in [-0.4, -0.2) is 28.5 Å². The topological polar surface area (TPSA) is 67.3 Å². The summed E-state index contributed by atoms with van der Waals surface area (Å²) in [5.41, 5.74) is 3.38. The van der Waals surface area contributed by atoms with E-state index in [0.29, 0.717) is 18.1 Å². The van der Waals surface area contributed by atoms with Crippen LogP contribution in [0.1, 0.15) is 29.9 Å². The van der Waals surface area contributed by atoms with Crippen LogP contribution >= 0.6 is 0 Å². The Morgan fingerprint density at radius 2 is 1.89 bits per heavy atom. The van der Waals surface area contributed by atoms with Gasteiger partial charge in [0.1, 0.15) is 23.6 Å². The molecule has 4 rings (SSSR count). The lowest BCUT2D eigenvalue weighted by atomic mass is 10.2. The molecule has 0 aliphatic carbocycles. The lowest BCUT2D eigenvalue weighted by Crippen LogP contribution is -2.29. The molecule has 6 heteroatoms. The van der Waals surface area contributed by atoms with Gasteiger partial charge >= 0.3 is 0 Å². The van der Waals surface area contributed by atoms with Crippen molar-refractivity contribution in [2.45, 2.75) is 26.4 Å². The number of fused-ring (bicyclic) bond motifs is 1. The Hall–Kier alpha value is -3.41. The van der Waals surface area contributed by atoms with E-state index >= 15 is 0 Å². The number of carbonyl (C=O) groups excluding carboxylic acids is 1. The smallest absolute Gasteiger partial charge is 0.277 e. The molecule has 0 atom stereocenters. The zero-order valence-corrected chi connectivity index (χ0v) is 15.9. The Labute approximate surface area is 164 Å². The van der Waals surface area contributed by atoms with Crippen LogP contribution in [0.15, 0.2) is 60.9 Å². The minimum Gasteiger partial charge on any atom is -0.491 e. The third-order valence-electron chi connectivity index (χ3n) is 4.52. The Balaban J connectivity index is 1.50. The largest absolute Gasteiger partial charge is 0.491 e. The van der Waals surface area contributed by atoms with Gasteiger partial charge in [-0.2, -0.15) is 0 Å². The number of anilines is 3. The van der Waals surface area contributed by atoms with Gasteiger partial charge in [-0.05, 0) is 56.2 Å². The van der Waals surface area contributed by atoms with Gasteiger partial charge in [-0.15, -0.1) is 0 Å². The standard InChI is InChI=1S/C22H22N4O2/c1-15(2)28-18-9-7-17(8-10-18)25-21-13-19(23-14-24-21)22(27)26-12-11-16-5-3-4-6-20(16)26/h3-10,13-15H,11-12H2,1-2H3,(H,23,24,25). The first-order valence-corrected chi connectivity index (χ1v) is 9.36. The molecule has 0 unspecified atom stereocenters. The van der Waals surface area contributed by atoms with E-state index in [9.17, 15) is 4.79 Å². The Morgan fingerprint density at radius 1 is 1.11 bits per heavy atom. The molecule has 2 aromatic carbocycles. The molecule has 142 valence electrons. The summed E-state index contributed by atoms with van der Waals surface area (Å²) < 4.78 is 5.65. The van der Waals surface area contributed by atoms with Gasteiger partial charge in [0, 0.05) is 24.0 Å². The van der Waals surface area contributed by atoms with E-state index < -0.39 is 0 Å². The fourth-order valence-corrected chi connectivity index (χ4v) is 3.27. The van der Waals surface area contributed by atoms with Gasteiger partial charge < -0.3 is 15.0 Å². The number of rotatable bonds is 5. The highest BCUT2D eigenvalue weighted by Crippen LogP contribution is 2.29. The average molecular weight is 374 g/mol. The summed E-state index contributed by atoms with van der Waals surface area (Å²) in [5, 5.41) is 3.21. The molecular formula is C22H22N4O2. The molecule has 3 aromatic rings. The summed E-state index contributed by atoms with van der Waals surface area (Å²) in [6.45, 7) is 4.65. The van der Waals surface area contributed by atoms with Crippen LogP contribution in [-0.2, 0) is 6.42 Å². The van der Waals surface area contributed by atoms with Crippen molar-refractivity contribution in [3.8, 4) is 5.75 Å². The normalized spacial score (nSPS) is 12.8. The summed E-state index contributed by atoms with van der Waals surface area (Å²) in [7, 11) is 0. The first-order chi connectivity index (χ1) is 13.6. The predicted octanol–water partition coefficient (Wildman–Crippen LogP) is 4.21. The van der Waals surface area contributed by atoms with Crippen LogP contribution in [0, 0.1) is 0 Å². The molecule has 0 saturated carbocycles. The Morgan fingerprint density at radius 3 is 2.68 bits per heavy atom. The number of ether oxygens (including phenoxy) is 1. The van der Waals surface area contributed by atoms with Gasteiger partial charge in [0.15, 0.2) is 0 Å². The van der Waals surface area contributed by atoms with Crippen LogP contribution in [0.25, 0.3) is 0 Å². The van der Waals surface area contributed by atoms with E-state index in [1.165, 1.54) is 11.9 Å². The fourth-order valence-electron chi connectivity index (χ4n) is 3.27. The van der Waals surface area contributed by atoms with E-state index in [2.05, 4.69) is 21.4 Å². The van der Waals surface area contributed by atoms with Crippen LogP contribution in [0.2, 0.25) is 0 Å². The van der Waals surface area contributed by atoms with Crippen molar-refractivity contribution in [1.82, 2.24) is 9.97 Å². The molecule has 0 spiro atoms. The van der Waals surface area contributed by atoms with Gasteiger partial charge in [0.05, 0.1) is 6.10 Å². The monoisotopic (exact) mass is 374 g/mol. The van der Waals surface area contributed by atoms with Crippen LogP contribution in [0.4, 0.5) is 17.2 Å². The van der Waals surface area contributed by atoms with Crippen molar-refractivity contribution in [2.75, 3.05) is 16.8 Å². The van der Waals surface area contributed by atoms with Crippen molar-refractivity contribution in [3.05, 3.63) is 72.2 Å². The van der Waals surface area contributed by atoms with Crippen LogP contribution in [0.5, 0.6) is 5.75 Å². The van der Waals surface area contributed by atoms with Gasteiger partial charge in [-0.1, -0.05) is 18.2 Å². The van der Waals surface area contributed by atoms with Crippen molar-refractivity contribution >= 4 is 23.1 Å². The number of nitrogens with zero attached hydrogens (tertiary/aromatic N) is 3.